The van der Waals surface area contributed by atoms with E-state index in [-0.39, 0.29) is 12.3 Å². The van der Waals surface area contributed by atoms with Crippen molar-refractivity contribution in [1.82, 2.24) is 15.5 Å². The zero-order chi connectivity index (χ0) is 25.2. The van der Waals surface area contributed by atoms with Crippen molar-refractivity contribution in [3.63, 3.8) is 0 Å². The average molecular weight is 486 g/mol. The van der Waals surface area contributed by atoms with Crippen LogP contribution in [0.3, 0.4) is 0 Å². The number of likely N-dealkylation sites (N-methyl/N-ethyl adjacent to an activating group) is 1. The summed E-state index contributed by atoms with van der Waals surface area (Å²) in [5.74, 6) is 1.65. The van der Waals surface area contributed by atoms with Crippen LogP contribution in [0, 0.1) is 11.8 Å². The van der Waals surface area contributed by atoms with Gasteiger partial charge >= 0.3 is 0 Å². The van der Waals surface area contributed by atoms with E-state index in [2.05, 4.69) is 27.7 Å². The number of nitrogens with zero attached hydrogens (tertiary/aromatic N) is 3. The van der Waals surface area contributed by atoms with Gasteiger partial charge in [-0.25, -0.2) is 0 Å². The number of anilines is 2. The maximum absolute atomic E-state index is 11.8. The van der Waals surface area contributed by atoms with E-state index in [1.807, 2.05) is 18.0 Å². The minimum Gasteiger partial charge on any atom is -0.363 e. The van der Waals surface area contributed by atoms with Crippen molar-refractivity contribution >= 4 is 30.0 Å². The lowest BCUT2D eigenvalue weighted by molar-refractivity contribution is -0.120. The van der Waals surface area contributed by atoms with Crippen molar-refractivity contribution in [1.29, 1.82) is 0 Å². The van der Waals surface area contributed by atoms with Crippen molar-refractivity contribution in [2.75, 3.05) is 57.1 Å². The monoisotopic (exact) mass is 485 g/mol. The fourth-order valence-corrected chi connectivity index (χ4v) is 5.47. The van der Waals surface area contributed by atoms with Gasteiger partial charge in [0, 0.05) is 34.1 Å². The van der Waals surface area contributed by atoms with Gasteiger partial charge in [-0.3, -0.25) is 14.5 Å². The van der Waals surface area contributed by atoms with Gasteiger partial charge < -0.3 is 25.2 Å². The minimum absolute atomic E-state index is 0.0923. The molecule has 1 unspecified atom stereocenters. The first kappa shape index (κ1) is 27.1. The van der Waals surface area contributed by atoms with E-state index in [9.17, 15) is 14.4 Å². The average Bonchev–Trinajstić information content (AvgIpc) is 2.90. The fourth-order valence-electron chi connectivity index (χ4n) is 5.47. The number of hydrogen-bond donors (Lipinski definition) is 2. The minimum atomic E-state index is -0.448. The highest BCUT2D eigenvalue weighted by Gasteiger charge is 2.24. The number of carbonyl (C=O) groups excluding carboxylic acids is 3. The zero-order valence-electron chi connectivity index (χ0n) is 21.7. The fraction of sp³-hybridized carbons (Fsp3) is 0.667. The summed E-state index contributed by atoms with van der Waals surface area (Å²) in [5.41, 5.74) is 2.74. The van der Waals surface area contributed by atoms with Gasteiger partial charge in [-0.2, -0.15) is 0 Å². The third-order valence-corrected chi connectivity index (χ3v) is 7.80. The molecule has 0 aliphatic carbocycles. The van der Waals surface area contributed by atoms with Crippen molar-refractivity contribution in [3.05, 3.63) is 23.8 Å². The first-order valence-electron chi connectivity index (χ1n) is 13.1. The standard InChI is InChI=1S/C27H43N5O3/c1-28-27(35)7-5-24(19-33)31(3)25-6-4-23(17-26(25)30(2)20-34)18-32-14-10-22(11-15-32)16-21-8-12-29-13-9-21/h4,6,17,19-22,24,29H,5,7-16,18H2,1-3H3,(H,28,35). The third kappa shape index (κ3) is 7.77. The Balaban J connectivity index is 1.62. The Bertz CT molecular complexity index is 834. The quantitative estimate of drug-likeness (QED) is 0.443. The van der Waals surface area contributed by atoms with E-state index in [1.54, 1.807) is 19.0 Å². The van der Waals surface area contributed by atoms with Crippen LogP contribution < -0.4 is 20.4 Å². The molecule has 194 valence electrons. The van der Waals surface area contributed by atoms with Crippen LogP contribution in [0.2, 0.25) is 0 Å². The van der Waals surface area contributed by atoms with Gasteiger partial charge in [0.05, 0.1) is 17.4 Å². The number of rotatable bonds is 12. The molecule has 8 heteroatoms. The van der Waals surface area contributed by atoms with E-state index in [0.29, 0.717) is 6.42 Å². The molecule has 0 aromatic heterocycles. The van der Waals surface area contributed by atoms with Crippen LogP contribution in [-0.4, -0.2) is 76.9 Å². The molecule has 2 N–H and O–H groups in total. The molecule has 0 bridgehead atoms. The molecule has 1 aromatic carbocycles. The van der Waals surface area contributed by atoms with Gasteiger partial charge in [-0.05, 0) is 94.2 Å². The lowest BCUT2D eigenvalue weighted by Gasteiger charge is -2.35. The first-order chi connectivity index (χ1) is 16.9. The Labute approximate surface area is 210 Å². The summed E-state index contributed by atoms with van der Waals surface area (Å²) in [6, 6.07) is 5.69. The van der Waals surface area contributed by atoms with Crippen LogP contribution in [0.25, 0.3) is 0 Å². The van der Waals surface area contributed by atoms with Crippen molar-refractivity contribution in [2.45, 2.75) is 57.5 Å². The second-order valence-corrected chi connectivity index (χ2v) is 10.2. The lowest BCUT2D eigenvalue weighted by Crippen LogP contribution is -2.36. The van der Waals surface area contributed by atoms with Crippen LogP contribution in [0.1, 0.15) is 50.5 Å². The van der Waals surface area contributed by atoms with E-state index in [4.69, 9.17) is 0 Å². The molecule has 2 fully saturated rings. The topological polar surface area (TPSA) is 85.0 Å². The lowest BCUT2D eigenvalue weighted by atomic mass is 9.83. The Morgan fingerprint density at radius 1 is 1.11 bits per heavy atom. The highest BCUT2D eigenvalue weighted by atomic mass is 16.1. The maximum atomic E-state index is 11.8. The van der Waals surface area contributed by atoms with Crippen molar-refractivity contribution in [2.24, 2.45) is 11.8 Å². The second kappa shape index (κ2) is 13.6. The first-order valence-corrected chi connectivity index (χ1v) is 13.1. The molecule has 2 saturated heterocycles. The number of aldehydes is 1. The maximum Gasteiger partial charge on any atom is 0.219 e. The Morgan fingerprint density at radius 3 is 2.43 bits per heavy atom. The van der Waals surface area contributed by atoms with Gasteiger partial charge in [0.1, 0.15) is 6.29 Å². The summed E-state index contributed by atoms with van der Waals surface area (Å²) in [6.45, 7) is 5.44. The predicted octanol–water partition coefficient (Wildman–Crippen LogP) is 2.41. The van der Waals surface area contributed by atoms with Crippen LogP contribution in [0.4, 0.5) is 11.4 Å². The molecule has 0 radical (unpaired) electrons. The molecule has 2 aliphatic rings. The summed E-state index contributed by atoms with van der Waals surface area (Å²) in [7, 11) is 5.16. The smallest absolute Gasteiger partial charge is 0.219 e. The Hall–Kier alpha value is -2.45. The van der Waals surface area contributed by atoms with Crippen LogP contribution in [0.15, 0.2) is 18.2 Å². The molecule has 1 atom stereocenters. The van der Waals surface area contributed by atoms with E-state index >= 15 is 0 Å². The molecule has 2 amide bonds. The number of nitrogens with one attached hydrogen (secondary N) is 2. The van der Waals surface area contributed by atoms with Crippen LogP contribution in [0.5, 0.6) is 0 Å². The molecule has 8 nitrogen and oxygen atoms in total. The normalized spacial score (nSPS) is 18.6. The summed E-state index contributed by atoms with van der Waals surface area (Å²) in [6.07, 6.45) is 8.90. The summed E-state index contributed by atoms with van der Waals surface area (Å²) >= 11 is 0. The molecule has 2 aliphatic heterocycles. The number of piperidine rings is 2. The van der Waals surface area contributed by atoms with Gasteiger partial charge in [0.2, 0.25) is 12.3 Å². The van der Waals surface area contributed by atoms with E-state index < -0.39 is 6.04 Å². The van der Waals surface area contributed by atoms with E-state index in [0.717, 1.165) is 61.1 Å². The SMILES string of the molecule is CNC(=O)CCC(C=O)N(C)c1ccc(CN2CCC(CC3CCNCC3)CC2)cc1N(C)C=O. The molecule has 0 saturated carbocycles. The summed E-state index contributed by atoms with van der Waals surface area (Å²) in [4.78, 5) is 41.0. The van der Waals surface area contributed by atoms with Crippen molar-refractivity contribution in [3.8, 4) is 0 Å². The number of carbonyl (C=O) groups is 3. The van der Waals surface area contributed by atoms with Gasteiger partial charge in [0.15, 0.2) is 0 Å². The van der Waals surface area contributed by atoms with Crippen LogP contribution in [-0.2, 0) is 20.9 Å². The molecular formula is C27H43N5O3. The van der Waals surface area contributed by atoms with Gasteiger partial charge in [-0.15, -0.1) is 0 Å². The van der Waals surface area contributed by atoms with E-state index in [1.165, 1.54) is 45.2 Å². The van der Waals surface area contributed by atoms with Gasteiger partial charge in [-0.1, -0.05) is 6.07 Å². The number of benzene rings is 1. The number of amides is 2. The number of likely N-dealkylation sites (tertiary alicyclic amines) is 1. The summed E-state index contributed by atoms with van der Waals surface area (Å²) < 4.78 is 0. The Morgan fingerprint density at radius 2 is 1.80 bits per heavy atom. The summed E-state index contributed by atoms with van der Waals surface area (Å²) in [5, 5.41) is 6.06. The third-order valence-electron chi connectivity index (χ3n) is 7.80. The molecule has 2 heterocycles. The highest BCUT2D eigenvalue weighted by molar-refractivity contribution is 5.85. The second-order valence-electron chi connectivity index (χ2n) is 10.2. The van der Waals surface area contributed by atoms with Crippen LogP contribution >= 0.6 is 0 Å². The molecule has 0 spiro atoms. The predicted molar refractivity (Wildman–Crippen MR) is 141 cm³/mol. The largest absolute Gasteiger partial charge is 0.363 e. The van der Waals surface area contributed by atoms with Gasteiger partial charge in [0.25, 0.3) is 0 Å². The zero-order valence-corrected chi connectivity index (χ0v) is 21.7. The molecule has 35 heavy (non-hydrogen) atoms. The molecule has 3 rings (SSSR count). The highest BCUT2D eigenvalue weighted by Crippen LogP contribution is 2.32. The van der Waals surface area contributed by atoms with Crippen molar-refractivity contribution < 1.29 is 14.4 Å². The molecule has 1 aromatic rings. The molecular weight excluding hydrogens is 442 g/mol. The Kier molecular flexibility index (Phi) is 10.5. The number of hydrogen-bond acceptors (Lipinski definition) is 6.